The van der Waals surface area contributed by atoms with Gasteiger partial charge in [0, 0.05) is 27.2 Å². The Labute approximate surface area is 192 Å². The van der Waals surface area contributed by atoms with Crippen LogP contribution in [0.25, 0.3) is 0 Å². The number of rotatable bonds is 10. The summed E-state index contributed by atoms with van der Waals surface area (Å²) in [4.78, 5) is 48.1. The van der Waals surface area contributed by atoms with Crippen molar-refractivity contribution in [1.29, 1.82) is 0 Å². The number of hydrogen-bond donors (Lipinski definition) is 4. The summed E-state index contributed by atoms with van der Waals surface area (Å²) in [7, 11) is 0. The molecule has 0 heterocycles. The lowest BCUT2D eigenvalue weighted by Gasteiger charge is -2.18. The van der Waals surface area contributed by atoms with Gasteiger partial charge in [0.15, 0.2) is 5.78 Å². The predicted octanol–water partition coefficient (Wildman–Crippen LogP) is 3.25. The van der Waals surface area contributed by atoms with E-state index in [1.165, 1.54) is 0 Å². The summed E-state index contributed by atoms with van der Waals surface area (Å²) in [5.41, 5.74) is 0.748. The third kappa shape index (κ3) is 8.39. The van der Waals surface area contributed by atoms with Crippen molar-refractivity contribution in [3.05, 3.63) is 69.2 Å². The Bertz CT molecular complexity index is 952. The van der Waals surface area contributed by atoms with E-state index < -0.39 is 23.9 Å². The Kier molecular flexibility index (Phi) is 9.48. The molecule has 0 saturated carbocycles. The minimum Gasteiger partial charge on any atom is -0.465 e. The fourth-order valence-corrected chi connectivity index (χ4v) is 3.20. The van der Waals surface area contributed by atoms with Crippen LogP contribution in [0.2, 0.25) is 5.02 Å². The first-order valence-electron chi connectivity index (χ1n) is 9.36. The molecule has 0 aromatic heterocycles. The number of ketones is 1. The zero-order valence-electron chi connectivity index (χ0n) is 16.4. The van der Waals surface area contributed by atoms with E-state index in [1.807, 2.05) is 0 Å². The molecule has 0 radical (unpaired) electrons. The van der Waals surface area contributed by atoms with Gasteiger partial charge in [0.05, 0.1) is 6.54 Å². The maximum Gasteiger partial charge on any atom is 0.404 e. The van der Waals surface area contributed by atoms with Crippen molar-refractivity contribution in [1.82, 2.24) is 16.0 Å². The average Bonchev–Trinajstić information content (AvgIpc) is 2.74. The molecule has 0 spiro atoms. The lowest BCUT2D eigenvalue weighted by atomic mass is 10.1. The van der Waals surface area contributed by atoms with Crippen molar-refractivity contribution in [2.45, 2.75) is 18.9 Å². The van der Waals surface area contributed by atoms with Crippen molar-refractivity contribution >= 4 is 51.2 Å². The number of hydrogen-bond acceptors (Lipinski definition) is 4. The minimum absolute atomic E-state index is 0.121. The monoisotopic (exact) mass is 509 g/mol. The number of halogens is 2. The van der Waals surface area contributed by atoms with Crippen molar-refractivity contribution in [2.75, 3.05) is 13.1 Å². The van der Waals surface area contributed by atoms with E-state index in [-0.39, 0.29) is 25.3 Å². The Balaban J connectivity index is 2.00. The normalized spacial score (nSPS) is 11.3. The molecule has 1 atom stereocenters. The maximum absolute atomic E-state index is 12.6. The third-order valence-corrected chi connectivity index (χ3v) is 4.99. The second kappa shape index (κ2) is 12.1. The molecule has 31 heavy (non-hydrogen) atoms. The van der Waals surface area contributed by atoms with E-state index >= 15 is 0 Å². The summed E-state index contributed by atoms with van der Waals surface area (Å²) in [5.74, 6) is -1.31. The number of amides is 3. The van der Waals surface area contributed by atoms with Crippen LogP contribution in [0, 0.1) is 0 Å². The zero-order chi connectivity index (χ0) is 22.8. The molecule has 0 aliphatic rings. The number of Topliss-reactive ketones (excluding diaryl/α,β-unsaturated/α-hetero) is 1. The minimum atomic E-state index is -1.17. The van der Waals surface area contributed by atoms with E-state index in [9.17, 15) is 19.2 Å². The fourth-order valence-electron chi connectivity index (χ4n) is 2.67. The molecule has 2 rings (SSSR count). The van der Waals surface area contributed by atoms with Gasteiger partial charge in [0.1, 0.15) is 6.04 Å². The first kappa shape index (κ1) is 24.4. The molecule has 2 aromatic rings. The summed E-state index contributed by atoms with van der Waals surface area (Å²) in [6, 6.07) is 12.0. The molecule has 3 amide bonds. The number of carbonyl (C=O) groups is 4. The van der Waals surface area contributed by atoms with Gasteiger partial charge in [0.2, 0.25) is 5.91 Å². The molecular formula is C21H21BrClN3O5. The van der Waals surface area contributed by atoms with Crippen LogP contribution in [0.5, 0.6) is 0 Å². The molecule has 8 nitrogen and oxygen atoms in total. The van der Waals surface area contributed by atoms with Gasteiger partial charge in [-0.1, -0.05) is 33.6 Å². The average molecular weight is 511 g/mol. The molecule has 0 aliphatic heterocycles. The summed E-state index contributed by atoms with van der Waals surface area (Å²) < 4.78 is 0.709. The quantitative estimate of drug-likeness (QED) is 0.288. The molecule has 2 aromatic carbocycles. The van der Waals surface area contributed by atoms with Crippen molar-refractivity contribution < 1.29 is 24.3 Å². The molecule has 4 N–H and O–H groups in total. The smallest absolute Gasteiger partial charge is 0.404 e. The number of nitrogens with one attached hydrogen (secondary N) is 3. The van der Waals surface area contributed by atoms with E-state index in [2.05, 4.69) is 31.9 Å². The molecule has 0 saturated heterocycles. The topological polar surface area (TPSA) is 125 Å². The van der Waals surface area contributed by atoms with Gasteiger partial charge >= 0.3 is 6.09 Å². The number of carboxylic acid groups (broad SMARTS) is 1. The molecule has 0 aliphatic carbocycles. The zero-order valence-corrected chi connectivity index (χ0v) is 18.7. The third-order valence-electron chi connectivity index (χ3n) is 4.24. The highest BCUT2D eigenvalue weighted by molar-refractivity contribution is 9.10. The van der Waals surface area contributed by atoms with Gasteiger partial charge in [-0.2, -0.15) is 0 Å². The number of benzene rings is 2. The van der Waals surface area contributed by atoms with Gasteiger partial charge in [-0.15, -0.1) is 0 Å². The molecular weight excluding hydrogens is 490 g/mol. The Morgan fingerprint density at radius 2 is 1.71 bits per heavy atom. The fraction of sp³-hybridized carbons (Fsp3) is 0.238. The van der Waals surface area contributed by atoms with Crippen LogP contribution in [0.1, 0.15) is 33.6 Å². The first-order valence-corrected chi connectivity index (χ1v) is 10.5. The van der Waals surface area contributed by atoms with E-state index in [0.717, 1.165) is 0 Å². The van der Waals surface area contributed by atoms with Crippen LogP contribution in [0.3, 0.4) is 0 Å². The highest BCUT2D eigenvalue weighted by atomic mass is 79.9. The van der Waals surface area contributed by atoms with Crippen LogP contribution in [-0.2, 0) is 4.79 Å². The number of carbonyl (C=O) groups excluding carboxylic acids is 3. The lowest BCUT2D eigenvalue weighted by Crippen LogP contribution is -2.48. The molecule has 164 valence electrons. The van der Waals surface area contributed by atoms with Gasteiger partial charge in [0.25, 0.3) is 5.91 Å². The van der Waals surface area contributed by atoms with Gasteiger partial charge in [-0.05, 0) is 55.3 Å². The Morgan fingerprint density at radius 1 is 1.00 bits per heavy atom. The van der Waals surface area contributed by atoms with Crippen molar-refractivity contribution in [2.24, 2.45) is 0 Å². The van der Waals surface area contributed by atoms with Crippen molar-refractivity contribution in [3.63, 3.8) is 0 Å². The van der Waals surface area contributed by atoms with Crippen LogP contribution < -0.4 is 16.0 Å². The standard InChI is InChI=1S/C21H21BrClN3O5/c22-15-4-1-3-14(11-15)19(28)26-17(5-2-10-24-21(30)31)20(29)25-12-18(27)13-6-8-16(23)9-7-13/h1,3-4,6-9,11,17,24H,2,5,10,12H2,(H,25,29)(H,26,28)(H,30,31). The predicted molar refractivity (Wildman–Crippen MR) is 119 cm³/mol. The summed E-state index contributed by atoms with van der Waals surface area (Å²) in [5, 5.41) is 16.5. The highest BCUT2D eigenvalue weighted by Gasteiger charge is 2.22. The van der Waals surface area contributed by atoms with E-state index in [1.54, 1.807) is 48.5 Å². The Morgan fingerprint density at radius 3 is 2.35 bits per heavy atom. The second-order valence-corrected chi connectivity index (χ2v) is 7.91. The van der Waals surface area contributed by atoms with E-state index in [4.69, 9.17) is 16.7 Å². The van der Waals surface area contributed by atoms with Crippen molar-refractivity contribution in [3.8, 4) is 0 Å². The van der Waals surface area contributed by atoms with Gasteiger partial charge in [-0.25, -0.2) is 4.79 Å². The summed E-state index contributed by atoms with van der Waals surface area (Å²) >= 11 is 9.10. The SMILES string of the molecule is O=C(O)NCCCC(NC(=O)c1cccc(Br)c1)C(=O)NCC(=O)c1ccc(Cl)cc1. The maximum atomic E-state index is 12.6. The highest BCUT2D eigenvalue weighted by Crippen LogP contribution is 2.12. The summed E-state index contributed by atoms with van der Waals surface area (Å²) in [6.45, 7) is -0.132. The van der Waals surface area contributed by atoms with Crippen LogP contribution in [0.15, 0.2) is 53.0 Å². The Hall–Kier alpha value is -2.91. The summed E-state index contributed by atoms with van der Waals surface area (Å²) in [6.07, 6.45) is -0.678. The lowest BCUT2D eigenvalue weighted by molar-refractivity contribution is -0.123. The van der Waals surface area contributed by atoms with Gasteiger partial charge < -0.3 is 21.1 Å². The molecule has 0 fully saturated rings. The van der Waals surface area contributed by atoms with Crippen LogP contribution >= 0.6 is 27.5 Å². The first-order chi connectivity index (χ1) is 14.8. The van der Waals surface area contributed by atoms with E-state index in [0.29, 0.717) is 27.0 Å². The second-order valence-electron chi connectivity index (χ2n) is 6.56. The largest absolute Gasteiger partial charge is 0.465 e. The van der Waals surface area contributed by atoms with Gasteiger partial charge in [-0.3, -0.25) is 14.4 Å². The molecule has 0 bridgehead atoms. The van der Waals surface area contributed by atoms with Crippen LogP contribution in [-0.4, -0.2) is 47.9 Å². The van der Waals surface area contributed by atoms with Crippen LogP contribution in [0.4, 0.5) is 4.79 Å². The molecule has 1 unspecified atom stereocenters. The molecule has 10 heteroatoms.